The first-order chi connectivity index (χ1) is 15.2. The minimum absolute atomic E-state index is 0.0156. The van der Waals surface area contributed by atoms with Gasteiger partial charge < -0.3 is 10.2 Å². The van der Waals surface area contributed by atoms with E-state index in [2.05, 4.69) is 39.1 Å². The van der Waals surface area contributed by atoms with E-state index in [-0.39, 0.29) is 22.5 Å². The number of rotatable bonds is 1. The molecule has 2 aromatic rings. The van der Waals surface area contributed by atoms with Crippen molar-refractivity contribution in [2.24, 2.45) is 5.41 Å². The Morgan fingerprint density at radius 3 is 2.66 bits per heavy atom. The molecule has 170 valence electrons. The lowest BCUT2D eigenvalue weighted by atomic mass is 9.68. The monoisotopic (exact) mass is 451 g/mol. The molecule has 1 aromatic carbocycles. The fraction of sp³-hybridized carbons (Fsp3) is 0.577. The number of ketones is 1. The van der Waals surface area contributed by atoms with E-state index >= 15 is 0 Å². The number of hydrogen-bond acceptors (Lipinski definition) is 5. The van der Waals surface area contributed by atoms with Crippen molar-refractivity contribution in [2.45, 2.75) is 71.6 Å². The van der Waals surface area contributed by atoms with E-state index in [1.165, 1.54) is 11.3 Å². The highest BCUT2D eigenvalue weighted by Gasteiger charge is 2.44. The third kappa shape index (κ3) is 3.76. The number of nitrogens with zero attached hydrogens (tertiary/aromatic N) is 2. The average Bonchev–Trinajstić information content (AvgIpc) is 3.19. The van der Waals surface area contributed by atoms with Gasteiger partial charge in [-0.3, -0.25) is 9.59 Å². The van der Waals surface area contributed by atoms with Gasteiger partial charge in [0.15, 0.2) is 5.78 Å². The maximum Gasteiger partial charge on any atom is 0.253 e. The zero-order valence-electron chi connectivity index (χ0n) is 19.6. The summed E-state index contributed by atoms with van der Waals surface area (Å²) < 4.78 is 0. The summed E-state index contributed by atoms with van der Waals surface area (Å²) in [5.41, 5.74) is 5.09. The average molecular weight is 452 g/mol. The SMILES string of the molecule is Cc1cc(C(=O)N2CCC3(CC2)CC(=O)c2nc(C(C)(C)C)sc2C3)cc2c1NCCC2. The van der Waals surface area contributed by atoms with Gasteiger partial charge in [0.1, 0.15) is 5.69 Å². The van der Waals surface area contributed by atoms with Crippen LogP contribution in [0.25, 0.3) is 0 Å². The van der Waals surface area contributed by atoms with E-state index in [0.29, 0.717) is 12.1 Å². The van der Waals surface area contributed by atoms with E-state index in [0.717, 1.165) is 72.8 Å². The van der Waals surface area contributed by atoms with Crippen LogP contribution >= 0.6 is 11.3 Å². The number of aromatic nitrogens is 1. The smallest absolute Gasteiger partial charge is 0.253 e. The highest BCUT2D eigenvalue weighted by atomic mass is 32.1. The molecule has 1 aromatic heterocycles. The largest absolute Gasteiger partial charge is 0.385 e. The third-order valence-electron chi connectivity index (χ3n) is 7.37. The molecule has 0 radical (unpaired) electrons. The third-order valence-corrected chi connectivity index (χ3v) is 8.86. The lowest BCUT2D eigenvalue weighted by molar-refractivity contribution is 0.0522. The van der Waals surface area contributed by atoms with E-state index in [9.17, 15) is 9.59 Å². The molecule has 32 heavy (non-hydrogen) atoms. The van der Waals surface area contributed by atoms with Crippen molar-refractivity contribution in [3.8, 4) is 0 Å². The van der Waals surface area contributed by atoms with Gasteiger partial charge in [-0.05, 0) is 67.7 Å². The molecular weight excluding hydrogens is 418 g/mol. The van der Waals surface area contributed by atoms with Gasteiger partial charge in [-0.25, -0.2) is 4.98 Å². The molecular formula is C26H33N3O2S. The summed E-state index contributed by atoms with van der Waals surface area (Å²) in [5, 5.41) is 4.53. The Bertz CT molecular complexity index is 1090. The van der Waals surface area contributed by atoms with Crippen LogP contribution in [0.15, 0.2) is 12.1 Å². The minimum atomic E-state index is -0.0340. The van der Waals surface area contributed by atoms with Gasteiger partial charge in [-0.2, -0.15) is 0 Å². The number of nitrogens with one attached hydrogen (secondary N) is 1. The van der Waals surface area contributed by atoms with Crippen molar-refractivity contribution >= 4 is 28.7 Å². The van der Waals surface area contributed by atoms with Gasteiger partial charge in [-0.15, -0.1) is 11.3 Å². The van der Waals surface area contributed by atoms with Gasteiger partial charge in [0.05, 0.1) is 5.01 Å². The number of anilines is 1. The zero-order valence-corrected chi connectivity index (χ0v) is 20.5. The molecule has 1 spiro atoms. The number of piperidine rings is 1. The van der Waals surface area contributed by atoms with Crippen LogP contribution in [0, 0.1) is 12.3 Å². The fourth-order valence-electron chi connectivity index (χ4n) is 5.48. The Labute approximate surface area is 194 Å². The number of hydrogen-bond donors (Lipinski definition) is 1. The number of carbonyl (C=O) groups excluding carboxylic acids is 2. The minimum Gasteiger partial charge on any atom is -0.385 e. The van der Waals surface area contributed by atoms with Crippen molar-refractivity contribution in [1.29, 1.82) is 0 Å². The number of carbonyl (C=O) groups is 2. The molecule has 5 nitrogen and oxygen atoms in total. The molecule has 0 bridgehead atoms. The molecule has 6 heteroatoms. The fourth-order valence-corrected chi connectivity index (χ4v) is 6.79. The molecule has 1 aliphatic carbocycles. The Morgan fingerprint density at radius 1 is 1.19 bits per heavy atom. The second-order valence-electron chi connectivity index (χ2n) is 11.0. The molecule has 1 fully saturated rings. The van der Waals surface area contributed by atoms with E-state index in [4.69, 9.17) is 4.98 Å². The highest BCUT2D eigenvalue weighted by Crippen LogP contribution is 2.46. The van der Waals surface area contributed by atoms with Crippen LogP contribution in [0.1, 0.15) is 88.3 Å². The van der Waals surface area contributed by atoms with Crippen molar-refractivity contribution in [2.75, 3.05) is 25.0 Å². The second kappa shape index (κ2) is 7.68. The first kappa shape index (κ1) is 21.6. The van der Waals surface area contributed by atoms with Gasteiger partial charge in [0.25, 0.3) is 5.91 Å². The summed E-state index contributed by atoms with van der Waals surface area (Å²) in [7, 11) is 0. The summed E-state index contributed by atoms with van der Waals surface area (Å²) in [4.78, 5) is 34.1. The van der Waals surface area contributed by atoms with Crippen LogP contribution in [0.3, 0.4) is 0 Å². The number of benzene rings is 1. The van der Waals surface area contributed by atoms with Gasteiger partial charge >= 0.3 is 0 Å². The molecule has 3 heterocycles. The molecule has 1 amide bonds. The normalized spacial score (nSPS) is 20.0. The van der Waals surface area contributed by atoms with Crippen LogP contribution < -0.4 is 5.32 Å². The zero-order chi connectivity index (χ0) is 22.7. The summed E-state index contributed by atoms with van der Waals surface area (Å²) in [5.74, 6) is 0.322. The van der Waals surface area contributed by atoms with Crippen LogP contribution in [0.5, 0.6) is 0 Å². The Morgan fingerprint density at radius 2 is 1.94 bits per heavy atom. The van der Waals surface area contributed by atoms with Gasteiger partial charge in [0.2, 0.25) is 0 Å². The number of amides is 1. The van der Waals surface area contributed by atoms with Crippen molar-refractivity contribution in [3.63, 3.8) is 0 Å². The van der Waals surface area contributed by atoms with Gasteiger partial charge in [0, 0.05) is 47.6 Å². The van der Waals surface area contributed by atoms with Crippen molar-refractivity contribution < 1.29 is 9.59 Å². The highest BCUT2D eigenvalue weighted by molar-refractivity contribution is 7.12. The predicted octanol–water partition coefficient (Wildman–Crippen LogP) is 5.16. The lowest BCUT2D eigenvalue weighted by Crippen LogP contribution is -2.46. The van der Waals surface area contributed by atoms with Crippen molar-refractivity contribution in [3.05, 3.63) is 44.4 Å². The quantitative estimate of drug-likeness (QED) is 0.651. The molecule has 0 atom stereocenters. The van der Waals surface area contributed by atoms with Crippen LogP contribution in [0.4, 0.5) is 5.69 Å². The molecule has 2 aliphatic heterocycles. The molecule has 1 N–H and O–H groups in total. The molecule has 1 saturated heterocycles. The number of likely N-dealkylation sites (tertiary alicyclic amines) is 1. The predicted molar refractivity (Wildman–Crippen MR) is 129 cm³/mol. The van der Waals surface area contributed by atoms with Gasteiger partial charge in [-0.1, -0.05) is 20.8 Å². The topological polar surface area (TPSA) is 62.3 Å². The molecule has 5 rings (SSSR count). The standard InChI is InChI=1S/C26H33N3O2S/c1-16-12-18(13-17-6-5-9-27-21(16)17)23(31)29-10-7-26(8-11-29)14-19(30)22-20(15-26)32-24(28-22)25(2,3)4/h12-13,27H,5-11,14-15H2,1-4H3. The van der Waals surface area contributed by atoms with Crippen LogP contribution in [0.2, 0.25) is 0 Å². The molecule has 0 unspecified atom stereocenters. The lowest BCUT2D eigenvalue weighted by Gasteiger charge is -2.43. The number of Topliss-reactive ketones (excluding diaryl/α,β-unsaturated/α-hetero) is 1. The summed E-state index contributed by atoms with van der Waals surface area (Å²) in [6.07, 6.45) is 5.41. The summed E-state index contributed by atoms with van der Waals surface area (Å²) in [6, 6.07) is 4.12. The van der Waals surface area contributed by atoms with Crippen molar-refractivity contribution in [1.82, 2.24) is 9.88 Å². The number of aryl methyl sites for hydroxylation is 2. The second-order valence-corrected chi connectivity index (χ2v) is 12.1. The van der Waals surface area contributed by atoms with E-state index in [1.807, 2.05) is 11.0 Å². The van der Waals surface area contributed by atoms with E-state index < -0.39 is 0 Å². The maximum atomic E-state index is 13.3. The Balaban J connectivity index is 1.31. The first-order valence-electron chi connectivity index (χ1n) is 11.9. The van der Waals surface area contributed by atoms with E-state index in [1.54, 1.807) is 11.3 Å². The van der Waals surface area contributed by atoms with Crippen LogP contribution in [-0.4, -0.2) is 41.2 Å². The number of fused-ring (bicyclic) bond motifs is 2. The maximum absolute atomic E-state index is 13.3. The summed E-state index contributed by atoms with van der Waals surface area (Å²) >= 11 is 1.71. The Kier molecular flexibility index (Phi) is 5.19. The first-order valence-corrected chi connectivity index (χ1v) is 12.7. The molecule has 0 saturated carbocycles. The number of thiazole rings is 1. The Hall–Kier alpha value is -2.21. The molecule has 3 aliphatic rings. The van der Waals surface area contributed by atoms with Crippen LogP contribution in [-0.2, 0) is 18.3 Å². The summed E-state index contributed by atoms with van der Waals surface area (Å²) in [6.45, 7) is 11.0.